The van der Waals surface area contributed by atoms with Crippen LogP contribution in [0, 0.1) is 6.92 Å². The van der Waals surface area contributed by atoms with Gasteiger partial charge in [-0.25, -0.2) is 9.69 Å². The predicted octanol–water partition coefficient (Wildman–Crippen LogP) is 3.46. The number of urea groups is 1. The van der Waals surface area contributed by atoms with Crippen LogP contribution in [0.25, 0.3) is 6.08 Å². The molecule has 2 aromatic rings. The van der Waals surface area contributed by atoms with E-state index in [1.165, 1.54) is 6.08 Å². The fraction of sp³-hybridized carbons (Fsp3) is 0.227. The van der Waals surface area contributed by atoms with E-state index in [1.54, 1.807) is 36.4 Å². The summed E-state index contributed by atoms with van der Waals surface area (Å²) in [6, 6.07) is 11.3. The molecule has 0 bridgehead atoms. The first-order chi connectivity index (χ1) is 13.9. The van der Waals surface area contributed by atoms with E-state index in [1.807, 2.05) is 26.8 Å². The highest BCUT2D eigenvalue weighted by atomic mass is 16.5. The van der Waals surface area contributed by atoms with Crippen molar-refractivity contribution < 1.29 is 23.9 Å². The largest absolute Gasteiger partial charge is 0.490 e. The molecule has 2 aromatic carbocycles. The summed E-state index contributed by atoms with van der Waals surface area (Å²) >= 11 is 0. The molecule has 0 radical (unpaired) electrons. The average Bonchev–Trinajstić information content (AvgIpc) is 2.67. The number of hydrogen-bond donors (Lipinski definition) is 1. The minimum atomic E-state index is -0.774. The van der Waals surface area contributed by atoms with Crippen LogP contribution in [0.2, 0.25) is 0 Å². The summed E-state index contributed by atoms with van der Waals surface area (Å²) in [5.41, 5.74) is 1.72. The van der Waals surface area contributed by atoms with Gasteiger partial charge >= 0.3 is 6.03 Å². The first-order valence-corrected chi connectivity index (χ1v) is 9.32. The molecule has 1 fully saturated rings. The van der Waals surface area contributed by atoms with Crippen LogP contribution in [0.3, 0.4) is 0 Å². The minimum absolute atomic E-state index is 0.141. The molecule has 0 aliphatic carbocycles. The zero-order chi connectivity index (χ0) is 21.0. The predicted molar refractivity (Wildman–Crippen MR) is 109 cm³/mol. The molecular weight excluding hydrogens is 372 g/mol. The van der Waals surface area contributed by atoms with Crippen molar-refractivity contribution in [2.45, 2.75) is 20.8 Å². The Kier molecular flexibility index (Phi) is 5.97. The molecule has 1 heterocycles. The zero-order valence-corrected chi connectivity index (χ0v) is 16.5. The van der Waals surface area contributed by atoms with E-state index in [9.17, 15) is 14.4 Å². The van der Waals surface area contributed by atoms with Crippen LogP contribution in [-0.2, 0) is 9.59 Å². The van der Waals surface area contributed by atoms with Crippen LogP contribution in [0.4, 0.5) is 10.5 Å². The molecule has 7 heteroatoms. The fourth-order valence-corrected chi connectivity index (χ4v) is 2.98. The van der Waals surface area contributed by atoms with Gasteiger partial charge in [-0.15, -0.1) is 0 Å². The van der Waals surface area contributed by atoms with E-state index < -0.39 is 17.8 Å². The fourth-order valence-electron chi connectivity index (χ4n) is 2.98. The highest BCUT2D eigenvalue weighted by molar-refractivity contribution is 6.39. The molecule has 7 nitrogen and oxygen atoms in total. The number of rotatable bonds is 6. The Bertz CT molecular complexity index is 996. The number of carbonyl (C=O) groups excluding carboxylic acids is 3. The van der Waals surface area contributed by atoms with Crippen LogP contribution in [0.15, 0.2) is 48.0 Å². The van der Waals surface area contributed by atoms with Crippen molar-refractivity contribution in [3.8, 4) is 11.5 Å². The van der Waals surface area contributed by atoms with Gasteiger partial charge in [0.25, 0.3) is 11.8 Å². The van der Waals surface area contributed by atoms with Gasteiger partial charge in [0, 0.05) is 0 Å². The summed E-state index contributed by atoms with van der Waals surface area (Å²) < 4.78 is 11.1. The summed E-state index contributed by atoms with van der Waals surface area (Å²) in [4.78, 5) is 38.5. The Labute approximate surface area is 168 Å². The van der Waals surface area contributed by atoms with Gasteiger partial charge in [0.2, 0.25) is 0 Å². The number of amides is 4. The first-order valence-electron chi connectivity index (χ1n) is 9.32. The molecule has 0 aromatic heterocycles. The van der Waals surface area contributed by atoms with Gasteiger partial charge in [-0.1, -0.05) is 18.2 Å². The number of benzene rings is 2. The number of nitrogens with one attached hydrogen (secondary N) is 1. The number of hydrogen-bond acceptors (Lipinski definition) is 5. The van der Waals surface area contributed by atoms with Gasteiger partial charge in [-0.05, 0) is 62.2 Å². The maximum absolute atomic E-state index is 13.0. The van der Waals surface area contributed by atoms with Gasteiger partial charge < -0.3 is 9.47 Å². The molecule has 29 heavy (non-hydrogen) atoms. The summed E-state index contributed by atoms with van der Waals surface area (Å²) in [5, 5.41) is 2.22. The highest BCUT2D eigenvalue weighted by Gasteiger charge is 2.36. The number of aryl methyl sites for hydroxylation is 1. The molecule has 0 unspecified atom stereocenters. The third-order valence-electron chi connectivity index (χ3n) is 4.24. The maximum atomic E-state index is 13.0. The smallest absolute Gasteiger partial charge is 0.335 e. The van der Waals surface area contributed by atoms with E-state index in [-0.39, 0.29) is 5.57 Å². The van der Waals surface area contributed by atoms with E-state index in [0.29, 0.717) is 36.0 Å². The van der Waals surface area contributed by atoms with Crippen LogP contribution in [0.1, 0.15) is 25.0 Å². The normalized spacial score (nSPS) is 15.5. The molecule has 1 aliphatic rings. The summed E-state index contributed by atoms with van der Waals surface area (Å²) in [6.07, 6.45) is 1.44. The van der Waals surface area contributed by atoms with E-state index in [4.69, 9.17) is 9.47 Å². The SMILES string of the molecule is CCOc1ccc(/C=C2\C(=O)NC(=O)N(c3cccc(C)c3)C2=O)cc1OCC. The van der Waals surface area contributed by atoms with Gasteiger partial charge in [-0.2, -0.15) is 0 Å². The van der Waals surface area contributed by atoms with Crippen molar-refractivity contribution >= 4 is 29.6 Å². The Balaban J connectivity index is 1.99. The van der Waals surface area contributed by atoms with Crippen LogP contribution in [-0.4, -0.2) is 31.1 Å². The van der Waals surface area contributed by atoms with Crippen molar-refractivity contribution in [1.82, 2.24) is 5.32 Å². The Morgan fingerprint density at radius 1 is 0.966 bits per heavy atom. The van der Waals surface area contributed by atoms with Gasteiger partial charge in [0.15, 0.2) is 11.5 Å². The first kappa shape index (κ1) is 20.1. The van der Waals surface area contributed by atoms with Gasteiger partial charge in [-0.3, -0.25) is 14.9 Å². The number of nitrogens with zero attached hydrogens (tertiary/aromatic N) is 1. The van der Waals surface area contributed by atoms with Crippen molar-refractivity contribution in [3.05, 3.63) is 59.2 Å². The second kappa shape index (κ2) is 8.60. The molecule has 0 atom stereocenters. The van der Waals surface area contributed by atoms with Crippen molar-refractivity contribution in [2.24, 2.45) is 0 Å². The van der Waals surface area contributed by atoms with Crippen LogP contribution < -0.4 is 19.7 Å². The van der Waals surface area contributed by atoms with Gasteiger partial charge in [0.05, 0.1) is 18.9 Å². The molecule has 1 saturated heterocycles. The van der Waals surface area contributed by atoms with Crippen LogP contribution in [0.5, 0.6) is 11.5 Å². The van der Waals surface area contributed by atoms with Crippen molar-refractivity contribution in [1.29, 1.82) is 0 Å². The topological polar surface area (TPSA) is 84.9 Å². The van der Waals surface area contributed by atoms with Gasteiger partial charge in [0.1, 0.15) is 5.57 Å². The van der Waals surface area contributed by atoms with E-state index >= 15 is 0 Å². The molecule has 3 rings (SSSR count). The quantitative estimate of drug-likeness (QED) is 0.599. The molecule has 4 amide bonds. The molecule has 1 N–H and O–H groups in total. The number of anilines is 1. The molecular formula is C22H22N2O5. The number of imide groups is 2. The minimum Gasteiger partial charge on any atom is -0.490 e. The highest BCUT2D eigenvalue weighted by Crippen LogP contribution is 2.30. The number of ether oxygens (including phenoxy) is 2. The van der Waals surface area contributed by atoms with E-state index in [2.05, 4.69) is 5.32 Å². The summed E-state index contributed by atoms with van der Waals surface area (Å²) in [7, 11) is 0. The standard InChI is InChI=1S/C22H22N2O5/c1-4-28-18-10-9-15(13-19(18)29-5-2)12-17-20(25)23-22(27)24(21(17)26)16-8-6-7-14(3)11-16/h6-13H,4-5H2,1-3H3,(H,23,25,27)/b17-12+. The molecule has 0 saturated carbocycles. The zero-order valence-electron chi connectivity index (χ0n) is 16.5. The Morgan fingerprint density at radius 2 is 1.69 bits per heavy atom. The van der Waals surface area contributed by atoms with E-state index in [0.717, 1.165) is 10.5 Å². The third-order valence-corrected chi connectivity index (χ3v) is 4.24. The Morgan fingerprint density at radius 3 is 2.38 bits per heavy atom. The molecule has 0 spiro atoms. The average molecular weight is 394 g/mol. The number of barbiturate groups is 1. The van der Waals surface area contributed by atoms with Crippen molar-refractivity contribution in [2.75, 3.05) is 18.1 Å². The van der Waals surface area contributed by atoms with Crippen LogP contribution >= 0.6 is 0 Å². The lowest BCUT2D eigenvalue weighted by molar-refractivity contribution is -0.122. The third kappa shape index (κ3) is 4.29. The molecule has 150 valence electrons. The van der Waals surface area contributed by atoms with Crippen molar-refractivity contribution in [3.63, 3.8) is 0 Å². The monoisotopic (exact) mass is 394 g/mol. The summed E-state index contributed by atoms with van der Waals surface area (Å²) in [6.45, 7) is 6.49. The lowest BCUT2D eigenvalue weighted by Crippen LogP contribution is -2.54. The lowest BCUT2D eigenvalue weighted by Gasteiger charge is -2.26. The second-order valence-corrected chi connectivity index (χ2v) is 6.37. The second-order valence-electron chi connectivity index (χ2n) is 6.37. The number of carbonyl (C=O) groups is 3. The lowest BCUT2D eigenvalue weighted by atomic mass is 10.1. The Hall–Kier alpha value is -3.61. The maximum Gasteiger partial charge on any atom is 0.335 e. The molecule has 1 aliphatic heterocycles. The summed E-state index contributed by atoms with van der Waals surface area (Å²) in [5.74, 6) is -0.335.